The average Bonchev–Trinajstić information content (AvgIpc) is 2.85. The number of nitrogens with zero attached hydrogens (tertiary/aromatic N) is 2. The largest absolute Gasteiger partial charge is 0.362 e. The van der Waals surface area contributed by atoms with E-state index in [1.165, 1.54) is 0 Å². The Morgan fingerprint density at radius 2 is 2.00 bits per heavy atom. The Kier molecular flexibility index (Phi) is 3.33. The van der Waals surface area contributed by atoms with Crippen molar-refractivity contribution in [3.05, 3.63) is 23.0 Å². The van der Waals surface area contributed by atoms with E-state index < -0.39 is 15.3 Å². The lowest BCUT2D eigenvalue weighted by Gasteiger charge is -2.47. The molecule has 1 spiro atoms. The van der Waals surface area contributed by atoms with Crippen molar-refractivity contribution in [3.63, 3.8) is 0 Å². The number of allylic oxidation sites excluding steroid dienone is 2. The summed E-state index contributed by atoms with van der Waals surface area (Å²) in [5.41, 5.74) is 2.16. The first-order valence-corrected chi connectivity index (χ1v) is 10.4. The number of ketones is 1. The van der Waals surface area contributed by atoms with E-state index in [0.29, 0.717) is 25.7 Å². The van der Waals surface area contributed by atoms with Crippen LogP contribution in [-0.4, -0.2) is 31.9 Å². The minimum absolute atomic E-state index is 0.0854. The third kappa shape index (κ3) is 2.36. The predicted octanol–water partition coefficient (Wildman–Crippen LogP) is 2.49. The SMILES string of the molecule is CC1(C)CC(=O)C2=C(C1)NC1N=NC=C1C21CCCS(=O)(=O)CC1. The Balaban J connectivity index is 1.87. The van der Waals surface area contributed by atoms with E-state index in [9.17, 15) is 13.2 Å². The first-order chi connectivity index (χ1) is 11.2. The van der Waals surface area contributed by atoms with Gasteiger partial charge in [0.05, 0.1) is 17.7 Å². The Morgan fingerprint density at radius 3 is 2.79 bits per heavy atom. The van der Waals surface area contributed by atoms with Crippen LogP contribution in [0.25, 0.3) is 0 Å². The number of rotatable bonds is 0. The van der Waals surface area contributed by atoms with Gasteiger partial charge in [-0.1, -0.05) is 13.8 Å². The highest BCUT2D eigenvalue weighted by atomic mass is 32.2. The van der Waals surface area contributed by atoms with Gasteiger partial charge in [0.2, 0.25) is 0 Å². The highest BCUT2D eigenvalue weighted by Crippen LogP contribution is 2.55. The summed E-state index contributed by atoms with van der Waals surface area (Å²) in [6.07, 6.45) is 4.54. The summed E-state index contributed by atoms with van der Waals surface area (Å²) in [5, 5.41) is 11.7. The molecule has 3 heterocycles. The molecule has 3 aliphatic heterocycles. The minimum atomic E-state index is -3.04. The van der Waals surface area contributed by atoms with Crippen LogP contribution >= 0.6 is 0 Å². The number of Topliss-reactive ketones (excluding diaryl/α,β-unsaturated/α-hetero) is 1. The van der Waals surface area contributed by atoms with Crippen molar-refractivity contribution >= 4 is 15.6 Å². The molecule has 24 heavy (non-hydrogen) atoms. The van der Waals surface area contributed by atoms with E-state index in [4.69, 9.17) is 0 Å². The molecular formula is C17H23N3O3S. The number of sulfone groups is 1. The van der Waals surface area contributed by atoms with E-state index in [0.717, 1.165) is 23.3 Å². The fraction of sp³-hybridized carbons (Fsp3) is 0.706. The maximum atomic E-state index is 13.0. The average molecular weight is 349 g/mol. The number of carbonyl (C=O) groups excluding carboxylic acids is 1. The van der Waals surface area contributed by atoms with Crippen molar-refractivity contribution < 1.29 is 13.2 Å². The van der Waals surface area contributed by atoms with Crippen LogP contribution in [0.2, 0.25) is 0 Å². The first-order valence-electron chi connectivity index (χ1n) is 8.57. The lowest BCUT2D eigenvalue weighted by atomic mass is 9.60. The maximum absolute atomic E-state index is 13.0. The second-order valence-electron chi connectivity index (χ2n) is 8.24. The maximum Gasteiger partial charge on any atom is 0.164 e. The van der Waals surface area contributed by atoms with Crippen molar-refractivity contribution in [1.29, 1.82) is 0 Å². The molecule has 1 aliphatic carbocycles. The highest BCUT2D eigenvalue weighted by Gasteiger charge is 2.53. The molecule has 0 radical (unpaired) electrons. The van der Waals surface area contributed by atoms with Crippen molar-refractivity contribution in [1.82, 2.24) is 5.32 Å². The third-order valence-corrected chi connectivity index (χ3v) is 7.53. The van der Waals surface area contributed by atoms with Crippen molar-refractivity contribution in [2.24, 2.45) is 21.1 Å². The number of hydrogen-bond acceptors (Lipinski definition) is 6. The third-order valence-electron chi connectivity index (χ3n) is 5.79. The van der Waals surface area contributed by atoms with Gasteiger partial charge in [0, 0.05) is 28.7 Å². The molecule has 0 aromatic carbocycles. The first kappa shape index (κ1) is 16.0. The summed E-state index contributed by atoms with van der Waals surface area (Å²) in [4.78, 5) is 13.0. The van der Waals surface area contributed by atoms with Gasteiger partial charge >= 0.3 is 0 Å². The molecular weight excluding hydrogens is 326 g/mol. The highest BCUT2D eigenvalue weighted by molar-refractivity contribution is 7.91. The van der Waals surface area contributed by atoms with Gasteiger partial charge < -0.3 is 5.32 Å². The van der Waals surface area contributed by atoms with Crippen LogP contribution in [0, 0.1) is 10.8 Å². The standard InChI is InChI=1S/C17H23N3O3S/c1-16(2)8-12-14(13(21)9-16)17(11-10-18-20-15(11)19-12)4-3-6-24(22,23)7-5-17/h10,15,19H,3-9H2,1-2H3. The quantitative estimate of drug-likeness (QED) is 0.728. The smallest absolute Gasteiger partial charge is 0.164 e. The molecule has 1 N–H and O–H groups in total. The molecule has 4 rings (SSSR count). The van der Waals surface area contributed by atoms with E-state index >= 15 is 0 Å². The fourth-order valence-electron chi connectivity index (χ4n) is 4.79. The van der Waals surface area contributed by atoms with Gasteiger partial charge in [-0.2, -0.15) is 10.2 Å². The van der Waals surface area contributed by atoms with Crippen LogP contribution in [-0.2, 0) is 14.6 Å². The van der Waals surface area contributed by atoms with Gasteiger partial charge in [-0.05, 0) is 31.1 Å². The zero-order valence-electron chi connectivity index (χ0n) is 14.1. The predicted molar refractivity (Wildman–Crippen MR) is 89.8 cm³/mol. The summed E-state index contributed by atoms with van der Waals surface area (Å²) in [6.45, 7) is 4.20. The molecule has 1 saturated heterocycles. The monoisotopic (exact) mass is 349 g/mol. The molecule has 2 atom stereocenters. The zero-order valence-corrected chi connectivity index (χ0v) is 14.9. The van der Waals surface area contributed by atoms with E-state index in [1.54, 1.807) is 6.20 Å². The Bertz CT molecular complexity index is 807. The second-order valence-corrected chi connectivity index (χ2v) is 10.5. The number of carbonyl (C=O) groups is 1. The van der Waals surface area contributed by atoms with E-state index in [2.05, 4.69) is 29.4 Å². The van der Waals surface area contributed by atoms with Crippen LogP contribution in [0.1, 0.15) is 46.0 Å². The number of nitrogens with one attached hydrogen (secondary N) is 1. The van der Waals surface area contributed by atoms with Gasteiger partial charge in [-0.15, -0.1) is 0 Å². The molecule has 2 unspecified atom stereocenters. The lowest BCUT2D eigenvalue weighted by Crippen LogP contribution is -2.49. The number of hydrogen-bond donors (Lipinski definition) is 1. The number of azo groups is 1. The fourth-order valence-corrected chi connectivity index (χ4v) is 6.23. The summed E-state index contributed by atoms with van der Waals surface area (Å²) in [5.74, 6) is 0.487. The van der Waals surface area contributed by atoms with Gasteiger partial charge in [0.1, 0.15) is 9.84 Å². The lowest BCUT2D eigenvalue weighted by molar-refractivity contribution is -0.119. The van der Waals surface area contributed by atoms with Crippen LogP contribution in [0.4, 0.5) is 0 Å². The zero-order chi connectivity index (χ0) is 17.2. The number of fused-ring (bicyclic) bond motifs is 3. The summed E-state index contributed by atoms with van der Waals surface area (Å²) >= 11 is 0. The Morgan fingerprint density at radius 1 is 1.21 bits per heavy atom. The molecule has 130 valence electrons. The second kappa shape index (κ2) is 5.00. The molecule has 1 fully saturated rings. The van der Waals surface area contributed by atoms with Gasteiger partial charge in [-0.3, -0.25) is 4.79 Å². The van der Waals surface area contributed by atoms with Crippen LogP contribution in [0.5, 0.6) is 0 Å². The minimum Gasteiger partial charge on any atom is -0.362 e. The summed E-state index contributed by atoms with van der Waals surface area (Å²) in [7, 11) is -3.04. The molecule has 0 bridgehead atoms. The molecule has 6 nitrogen and oxygen atoms in total. The summed E-state index contributed by atoms with van der Waals surface area (Å²) in [6, 6.07) is 0. The van der Waals surface area contributed by atoms with E-state index in [-0.39, 0.29) is 28.9 Å². The normalized spacial score (nSPS) is 36.7. The van der Waals surface area contributed by atoms with E-state index in [1.807, 2.05) is 0 Å². The van der Waals surface area contributed by atoms with Crippen molar-refractivity contribution in [3.8, 4) is 0 Å². The van der Waals surface area contributed by atoms with Gasteiger partial charge in [-0.25, -0.2) is 8.42 Å². The van der Waals surface area contributed by atoms with Gasteiger partial charge in [0.25, 0.3) is 0 Å². The molecule has 0 saturated carbocycles. The Labute approximate surface area is 142 Å². The van der Waals surface area contributed by atoms with Crippen LogP contribution in [0.15, 0.2) is 33.3 Å². The Hall–Kier alpha value is -1.50. The molecule has 7 heteroatoms. The topological polar surface area (TPSA) is 88.0 Å². The summed E-state index contributed by atoms with van der Waals surface area (Å²) < 4.78 is 24.3. The van der Waals surface area contributed by atoms with Crippen molar-refractivity contribution in [2.75, 3.05) is 11.5 Å². The van der Waals surface area contributed by atoms with Gasteiger partial charge in [0.15, 0.2) is 11.9 Å². The molecule has 4 aliphatic rings. The molecule has 0 aromatic rings. The van der Waals surface area contributed by atoms with Crippen molar-refractivity contribution in [2.45, 2.75) is 52.1 Å². The van der Waals surface area contributed by atoms with Crippen LogP contribution < -0.4 is 5.32 Å². The molecule has 0 aromatic heterocycles. The van der Waals surface area contributed by atoms with Crippen LogP contribution in [0.3, 0.4) is 0 Å². The molecule has 0 amide bonds.